The molecule has 0 bridgehead atoms. The lowest BCUT2D eigenvalue weighted by atomic mass is 9.82. The zero-order valence-corrected chi connectivity index (χ0v) is 13.3. The van der Waals surface area contributed by atoms with Crippen LogP contribution in [0.3, 0.4) is 0 Å². The molecule has 0 saturated carbocycles. The lowest BCUT2D eigenvalue weighted by Crippen LogP contribution is -2.14. The molecule has 0 radical (unpaired) electrons. The molecular weight excluding hydrogens is 356 g/mol. The third-order valence-corrected chi connectivity index (χ3v) is 4.63. The third-order valence-electron chi connectivity index (χ3n) is 3.68. The van der Waals surface area contributed by atoms with Crippen molar-refractivity contribution in [3.63, 3.8) is 0 Å². The molecule has 0 amide bonds. The van der Waals surface area contributed by atoms with Gasteiger partial charge < -0.3 is 5.11 Å². The Morgan fingerprint density at radius 1 is 0.944 bits per heavy atom. The van der Waals surface area contributed by atoms with E-state index < -0.39 is 0 Å². The van der Waals surface area contributed by atoms with Crippen LogP contribution in [0, 0.1) is 0 Å². The highest BCUT2D eigenvalue weighted by molar-refractivity contribution is 9.10. The molecule has 1 nitrogen and oxygen atoms in total. The van der Waals surface area contributed by atoms with Crippen molar-refractivity contribution in [3.05, 3.63) is 50.4 Å². The quantitative estimate of drug-likeness (QED) is 0.676. The third kappa shape index (κ3) is 1.57. The number of fused-ring (bicyclic) bond motifs is 3. The molecule has 0 unspecified atom stereocenters. The fourth-order valence-electron chi connectivity index (χ4n) is 2.77. The van der Waals surface area contributed by atoms with E-state index in [2.05, 4.69) is 63.9 Å². The second-order valence-electron chi connectivity index (χ2n) is 5.16. The molecule has 3 rings (SSSR count). The lowest BCUT2D eigenvalue weighted by Gasteiger charge is -2.21. The molecule has 18 heavy (non-hydrogen) atoms. The number of hydrogen-bond acceptors (Lipinski definition) is 1. The van der Waals surface area contributed by atoms with Crippen LogP contribution in [0.15, 0.2) is 39.3 Å². The summed E-state index contributed by atoms with van der Waals surface area (Å²) in [6.45, 7) is 4.38. The molecule has 0 aliphatic heterocycles. The maximum absolute atomic E-state index is 10.2. The first kappa shape index (κ1) is 12.2. The van der Waals surface area contributed by atoms with Crippen molar-refractivity contribution in [3.8, 4) is 16.9 Å². The highest BCUT2D eigenvalue weighted by Gasteiger charge is 2.37. The molecule has 0 spiro atoms. The smallest absolute Gasteiger partial charge is 0.124 e. The standard InChI is InChI=1S/C15H12Br2O/c1-15(2)11-5-8(16)3-4-10(11)14-12(15)6-9(17)7-13(14)18/h3-7,18H,1-2H3. The monoisotopic (exact) mass is 366 g/mol. The minimum Gasteiger partial charge on any atom is -0.507 e. The number of halogens is 2. The summed E-state index contributed by atoms with van der Waals surface area (Å²) in [4.78, 5) is 0. The van der Waals surface area contributed by atoms with Crippen LogP contribution >= 0.6 is 31.9 Å². The predicted octanol–water partition coefficient (Wildman–Crippen LogP) is 5.22. The molecule has 0 heterocycles. The summed E-state index contributed by atoms with van der Waals surface area (Å²) in [6, 6.07) is 10.1. The van der Waals surface area contributed by atoms with E-state index in [9.17, 15) is 5.11 Å². The minimum atomic E-state index is -0.0876. The van der Waals surface area contributed by atoms with Gasteiger partial charge in [0.15, 0.2) is 0 Å². The predicted molar refractivity (Wildman–Crippen MR) is 81.1 cm³/mol. The van der Waals surface area contributed by atoms with Crippen LogP contribution in [0.25, 0.3) is 11.1 Å². The first-order chi connectivity index (χ1) is 8.41. The molecule has 2 aromatic carbocycles. The SMILES string of the molecule is CC1(C)c2cc(Br)ccc2-c2c(O)cc(Br)cc21. The molecule has 1 aliphatic carbocycles. The van der Waals surface area contributed by atoms with Gasteiger partial charge >= 0.3 is 0 Å². The maximum Gasteiger partial charge on any atom is 0.124 e. The molecular formula is C15H12Br2O. The van der Waals surface area contributed by atoms with E-state index in [0.717, 1.165) is 20.1 Å². The van der Waals surface area contributed by atoms with Gasteiger partial charge in [0.05, 0.1) is 0 Å². The van der Waals surface area contributed by atoms with Crippen molar-refractivity contribution in [2.75, 3.05) is 0 Å². The van der Waals surface area contributed by atoms with Crippen molar-refractivity contribution in [2.45, 2.75) is 19.3 Å². The number of phenols is 1. The van der Waals surface area contributed by atoms with Crippen LogP contribution in [0.2, 0.25) is 0 Å². The second-order valence-corrected chi connectivity index (χ2v) is 6.99. The molecule has 92 valence electrons. The summed E-state index contributed by atoms with van der Waals surface area (Å²) >= 11 is 6.98. The Labute approximate surface area is 123 Å². The number of hydrogen-bond donors (Lipinski definition) is 1. The summed E-state index contributed by atoms with van der Waals surface area (Å²) in [7, 11) is 0. The van der Waals surface area contributed by atoms with Gasteiger partial charge in [-0.3, -0.25) is 0 Å². The largest absolute Gasteiger partial charge is 0.507 e. The van der Waals surface area contributed by atoms with E-state index in [4.69, 9.17) is 0 Å². The Kier molecular flexibility index (Phi) is 2.62. The Morgan fingerprint density at radius 3 is 2.33 bits per heavy atom. The fourth-order valence-corrected chi connectivity index (χ4v) is 3.57. The Hall–Kier alpha value is -0.800. The summed E-state index contributed by atoms with van der Waals surface area (Å²) in [5.74, 6) is 0.341. The van der Waals surface area contributed by atoms with Crippen molar-refractivity contribution in [1.29, 1.82) is 0 Å². The maximum atomic E-state index is 10.2. The Bertz CT molecular complexity index is 660. The average Bonchev–Trinajstić information content (AvgIpc) is 2.49. The number of phenolic OH excluding ortho intramolecular Hbond substituents is 1. The van der Waals surface area contributed by atoms with Gasteiger partial charge in [-0.15, -0.1) is 0 Å². The van der Waals surface area contributed by atoms with Crippen LogP contribution < -0.4 is 0 Å². The number of benzene rings is 2. The highest BCUT2D eigenvalue weighted by atomic mass is 79.9. The first-order valence-corrected chi connectivity index (χ1v) is 7.33. The first-order valence-electron chi connectivity index (χ1n) is 5.74. The van der Waals surface area contributed by atoms with Crippen LogP contribution in [0.4, 0.5) is 0 Å². The van der Waals surface area contributed by atoms with E-state index in [0.29, 0.717) is 5.75 Å². The molecule has 0 atom stereocenters. The van der Waals surface area contributed by atoms with Crippen LogP contribution in [-0.2, 0) is 5.41 Å². The van der Waals surface area contributed by atoms with Gasteiger partial charge in [0.1, 0.15) is 5.75 Å². The van der Waals surface area contributed by atoms with Gasteiger partial charge in [-0.1, -0.05) is 51.8 Å². The van der Waals surface area contributed by atoms with Gasteiger partial charge in [-0.2, -0.15) is 0 Å². The number of rotatable bonds is 0. The van der Waals surface area contributed by atoms with Gasteiger partial charge in [0.2, 0.25) is 0 Å². The van der Waals surface area contributed by atoms with E-state index in [1.165, 1.54) is 11.1 Å². The Balaban J connectivity index is 2.42. The zero-order valence-electron chi connectivity index (χ0n) is 10.1. The van der Waals surface area contributed by atoms with E-state index in [1.54, 1.807) is 6.07 Å². The van der Waals surface area contributed by atoms with Crippen LogP contribution in [0.1, 0.15) is 25.0 Å². The summed E-state index contributed by atoms with van der Waals surface area (Å²) in [6.07, 6.45) is 0. The molecule has 1 N–H and O–H groups in total. The summed E-state index contributed by atoms with van der Waals surface area (Å²) in [5.41, 5.74) is 4.42. The summed E-state index contributed by atoms with van der Waals surface area (Å²) in [5, 5.41) is 10.2. The average molecular weight is 368 g/mol. The van der Waals surface area contributed by atoms with Gasteiger partial charge in [0, 0.05) is 19.9 Å². The van der Waals surface area contributed by atoms with Crippen molar-refractivity contribution >= 4 is 31.9 Å². The molecule has 1 aliphatic rings. The summed E-state index contributed by atoms with van der Waals surface area (Å²) < 4.78 is 1.99. The van der Waals surface area contributed by atoms with Gasteiger partial charge in [-0.05, 0) is 41.0 Å². The van der Waals surface area contributed by atoms with Gasteiger partial charge in [-0.25, -0.2) is 0 Å². The normalized spacial score (nSPS) is 15.3. The van der Waals surface area contributed by atoms with Crippen molar-refractivity contribution < 1.29 is 5.11 Å². The molecule has 0 aromatic heterocycles. The number of aromatic hydroxyl groups is 1. The van der Waals surface area contributed by atoms with Crippen molar-refractivity contribution in [2.24, 2.45) is 0 Å². The van der Waals surface area contributed by atoms with Crippen LogP contribution in [-0.4, -0.2) is 5.11 Å². The molecule has 0 fully saturated rings. The lowest BCUT2D eigenvalue weighted by molar-refractivity contribution is 0.476. The van der Waals surface area contributed by atoms with E-state index >= 15 is 0 Å². The molecule has 2 aromatic rings. The highest BCUT2D eigenvalue weighted by Crippen LogP contribution is 2.53. The Morgan fingerprint density at radius 2 is 1.61 bits per heavy atom. The second kappa shape index (κ2) is 3.84. The van der Waals surface area contributed by atoms with Crippen molar-refractivity contribution in [1.82, 2.24) is 0 Å². The zero-order chi connectivity index (χ0) is 13.1. The van der Waals surface area contributed by atoms with E-state index in [1.807, 2.05) is 6.07 Å². The van der Waals surface area contributed by atoms with Gasteiger partial charge in [0.25, 0.3) is 0 Å². The molecule has 3 heteroatoms. The topological polar surface area (TPSA) is 20.2 Å². The fraction of sp³-hybridized carbons (Fsp3) is 0.200. The minimum absolute atomic E-state index is 0.0876. The molecule has 0 saturated heterocycles. The van der Waals surface area contributed by atoms with Crippen LogP contribution in [0.5, 0.6) is 5.75 Å². The van der Waals surface area contributed by atoms with E-state index in [-0.39, 0.29) is 5.41 Å².